The Kier molecular flexibility index (Phi) is 7.09. The van der Waals surface area contributed by atoms with E-state index in [4.69, 9.17) is 16.0 Å². The van der Waals surface area contributed by atoms with Crippen LogP contribution in [0.25, 0.3) is 10.9 Å². The number of rotatable bonds is 7. The molecule has 0 aliphatic heterocycles. The molecule has 0 saturated heterocycles. The lowest BCUT2D eigenvalue weighted by Crippen LogP contribution is -2.50. The van der Waals surface area contributed by atoms with Gasteiger partial charge in [0.2, 0.25) is 0 Å². The topological polar surface area (TPSA) is 72.8 Å². The summed E-state index contributed by atoms with van der Waals surface area (Å²) in [5, 5.41) is 7.82. The normalized spacial score (nSPS) is 13.1. The summed E-state index contributed by atoms with van der Waals surface area (Å²) >= 11 is 0. The maximum absolute atomic E-state index is 12.8. The molecule has 2 rings (SSSR count). The maximum atomic E-state index is 12.8. The number of hydrogen-bond acceptors (Lipinski definition) is 5. The molecule has 0 bridgehead atoms. The van der Waals surface area contributed by atoms with E-state index in [2.05, 4.69) is 21.4 Å². The van der Waals surface area contributed by atoms with Crippen molar-refractivity contribution in [3.05, 3.63) is 35.5 Å². The third-order valence-electron chi connectivity index (χ3n) is 4.20. The summed E-state index contributed by atoms with van der Waals surface area (Å²) in [5.41, 5.74) is 1.42. The number of oxime groups is 1. The van der Waals surface area contributed by atoms with E-state index < -0.39 is 17.2 Å². The highest BCUT2D eigenvalue weighted by Gasteiger charge is 2.26. The molecule has 0 aliphatic carbocycles. The Hall–Kier alpha value is -3.07. The van der Waals surface area contributed by atoms with E-state index in [9.17, 15) is 4.79 Å². The molecule has 0 fully saturated rings. The third kappa shape index (κ3) is 6.48. The minimum atomic E-state index is -0.690. The number of nitrogens with one attached hydrogen (secondary N) is 1. The average Bonchev–Trinajstić information content (AvgIpc) is 2.63. The summed E-state index contributed by atoms with van der Waals surface area (Å²) < 4.78 is 6.03. The number of fused-ring (bicyclic) bond motifs is 1. The second-order valence-corrected chi connectivity index (χ2v) is 8.84. The molecule has 6 nitrogen and oxygen atoms in total. The molecule has 1 N–H and O–H groups in total. The molecule has 1 heterocycles. The zero-order valence-corrected chi connectivity index (χ0v) is 18.9. The number of aromatic nitrogens is 1. The first kappa shape index (κ1) is 23.2. The molecule has 1 aromatic heterocycles. The first-order chi connectivity index (χ1) is 13.9. The van der Waals surface area contributed by atoms with E-state index in [1.54, 1.807) is 12.4 Å². The fourth-order valence-corrected chi connectivity index (χ4v) is 2.78. The quantitative estimate of drug-likeness (QED) is 0.418. The number of amides is 1. The van der Waals surface area contributed by atoms with Crippen LogP contribution in [0.3, 0.4) is 0 Å². The van der Waals surface area contributed by atoms with E-state index in [0.29, 0.717) is 17.7 Å². The fraction of sp³-hybridized carbons (Fsp3) is 0.458. The van der Waals surface area contributed by atoms with E-state index in [1.165, 1.54) is 0 Å². The van der Waals surface area contributed by atoms with Crippen LogP contribution < -0.4 is 10.1 Å². The van der Waals surface area contributed by atoms with Crippen molar-refractivity contribution in [2.45, 2.75) is 72.1 Å². The number of hydrogen-bond donors (Lipinski definition) is 1. The maximum Gasteiger partial charge on any atom is 0.261 e. The lowest BCUT2D eigenvalue weighted by Gasteiger charge is -2.26. The molecule has 0 saturated carbocycles. The zero-order chi connectivity index (χ0) is 22.5. The van der Waals surface area contributed by atoms with Crippen LogP contribution in [0.5, 0.6) is 5.75 Å². The van der Waals surface area contributed by atoms with Crippen molar-refractivity contribution in [1.29, 1.82) is 0 Å². The molecule has 1 aromatic carbocycles. The van der Waals surface area contributed by atoms with Crippen molar-refractivity contribution in [2.75, 3.05) is 0 Å². The van der Waals surface area contributed by atoms with Gasteiger partial charge in [-0.3, -0.25) is 9.78 Å². The summed E-state index contributed by atoms with van der Waals surface area (Å²) in [4.78, 5) is 22.6. The summed E-state index contributed by atoms with van der Waals surface area (Å²) in [6.07, 6.45) is 8.59. The van der Waals surface area contributed by atoms with Crippen molar-refractivity contribution < 1.29 is 14.4 Å². The Morgan fingerprint density at radius 2 is 2.00 bits per heavy atom. The fourth-order valence-electron chi connectivity index (χ4n) is 2.78. The molecule has 1 atom stereocenters. The van der Waals surface area contributed by atoms with Crippen LogP contribution in [0.2, 0.25) is 0 Å². The smallest absolute Gasteiger partial charge is 0.261 e. The standard InChI is InChI=1S/C24H31N3O3/c1-9-17-12-18-13-19(11-16(3)21(18)25-14-17)29-20(10-2)22(28)27-24(7,8)15-26-30-23(4,5)6/h1,11-15,20H,10H2,2-8H3,(H,27,28)/b26-15-. The van der Waals surface area contributed by atoms with E-state index in [-0.39, 0.29) is 5.91 Å². The van der Waals surface area contributed by atoms with Gasteiger partial charge in [-0.2, -0.15) is 0 Å². The Balaban J connectivity index is 2.16. The van der Waals surface area contributed by atoms with Gasteiger partial charge in [0.05, 0.1) is 17.3 Å². The minimum Gasteiger partial charge on any atom is -0.481 e. The van der Waals surface area contributed by atoms with Gasteiger partial charge < -0.3 is 14.9 Å². The summed E-state index contributed by atoms with van der Waals surface area (Å²) in [5.74, 6) is 2.96. The van der Waals surface area contributed by atoms with Gasteiger partial charge in [0, 0.05) is 17.1 Å². The Morgan fingerprint density at radius 3 is 2.60 bits per heavy atom. The number of ether oxygens (including phenoxy) is 1. The van der Waals surface area contributed by atoms with Crippen LogP contribution in [0.15, 0.2) is 29.6 Å². The van der Waals surface area contributed by atoms with Gasteiger partial charge in [-0.25, -0.2) is 0 Å². The van der Waals surface area contributed by atoms with Gasteiger partial charge in [-0.05, 0) is 71.7 Å². The number of carbonyl (C=O) groups excluding carboxylic acids is 1. The average molecular weight is 410 g/mol. The van der Waals surface area contributed by atoms with E-state index in [0.717, 1.165) is 16.5 Å². The van der Waals surface area contributed by atoms with Crippen molar-refractivity contribution in [2.24, 2.45) is 5.16 Å². The predicted octanol–water partition coefficient (Wildman–Crippen LogP) is 4.38. The van der Waals surface area contributed by atoms with Crippen LogP contribution >= 0.6 is 0 Å². The lowest BCUT2D eigenvalue weighted by atomic mass is 10.1. The lowest BCUT2D eigenvalue weighted by molar-refractivity contribution is -0.129. The number of benzene rings is 1. The van der Waals surface area contributed by atoms with Crippen molar-refractivity contribution >= 4 is 23.0 Å². The van der Waals surface area contributed by atoms with Crippen LogP contribution in [-0.2, 0) is 9.63 Å². The zero-order valence-electron chi connectivity index (χ0n) is 18.9. The molecule has 0 aliphatic rings. The van der Waals surface area contributed by atoms with Crippen molar-refractivity contribution in [3.63, 3.8) is 0 Å². The van der Waals surface area contributed by atoms with Crippen LogP contribution in [-0.4, -0.2) is 34.3 Å². The summed E-state index contributed by atoms with van der Waals surface area (Å²) in [6, 6.07) is 5.62. The summed E-state index contributed by atoms with van der Waals surface area (Å²) in [7, 11) is 0. The highest BCUT2D eigenvalue weighted by Crippen LogP contribution is 2.25. The van der Waals surface area contributed by atoms with Crippen LogP contribution in [0, 0.1) is 19.3 Å². The number of aryl methyl sites for hydroxylation is 1. The molecule has 160 valence electrons. The van der Waals surface area contributed by atoms with Crippen LogP contribution in [0.4, 0.5) is 0 Å². The van der Waals surface area contributed by atoms with Crippen molar-refractivity contribution in [3.8, 4) is 18.1 Å². The molecule has 1 amide bonds. The second-order valence-electron chi connectivity index (χ2n) is 8.84. The minimum absolute atomic E-state index is 0.224. The molecule has 6 heteroatoms. The number of carbonyl (C=O) groups is 1. The van der Waals surface area contributed by atoms with Gasteiger partial charge in [-0.1, -0.05) is 18.0 Å². The Labute approximate surface area is 179 Å². The Morgan fingerprint density at radius 1 is 1.30 bits per heavy atom. The first-order valence-corrected chi connectivity index (χ1v) is 10.0. The van der Waals surface area contributed by atoms with Gasteiger partial charge in [0.15, 0.2) is 6.10 Å². The molecular formula is C24H31N3O3. The number of nitrogens with zero attached hydrogens (tertiary/aromatic N) is 2. The second kappa shape index (κ2) is 9.17. The molecular weight excluding hydrogens is 378 g/mol. The highest BCUT2D eigenvalue weighted by atomic mass is 16.6. The molecule has 0 radical (unpaired) electrons. The van der Waals surface area contributed by atoms with Crippen molar-refractivity contribution in [1.82, 2.24) is 10.3 Å². The Bertz CT molecular complexity index is 982. The molecule has 2 aromatic rings. The largest absolute Gasteiger partial charge is 0.481 e. The third-order valence-corrected chi connectivity index (χ3v) is 4.20. The first-order valence-electron chi connectivity index (χ1n) is 10.0. The van der Waals surface area contributed by atoms with Gasteiger partial charge in [-0.15, -0.1) is 6.42 Å². The van der Waals surface area contributed by atoms with E-state index >= 15 is 0 Å². The van der Waals surface area contributed by atoms with Crippen LogP contribution in [0.1, 0.15) is 59.1 Å². The van der Waals surface area contributed by atoms with Gasteiger partial charge in [0.25, 0.3) is 5.91 Å². The predicted molar refractivity (Wildman–Crippen MR) is 121 cm³/mol. The highest BCUT2D eigenvalue weighted by molar-refractivity contribution is 5.87. The van der Waals surface area contributed by atoms with Gasteiger partial charge in [0.1, 0.15) is 11.4 Å². The number of terminal acetylenes is 1. The molecule has 1 unspecified atom stereocenters. The molecule has 30 heavy (non-hydrogen) atoms. The summed E-state index contributed by atoms with van der Waals surface area (Å²) in [6.45, 7) is 13.3. The molecule has 0 spiro atoms. The number of pyridine rings is 1. The SMILES string of the molecule is C#Cc1cnc2c(C)cc(OC(CC)C(=O)NC(C)(C)/C=N\OC(C)(C)C)cc2c1. The monoisotopic (exact) mass is 409 g/mol. The van der Waals surface area contributed by atoms with E-state index in [1.807, 2.05) is 66.7 Å². The van der Waals surface area contributed by atoms with Gasteiger partial charge >= 0.3 is 0 Å².